The van der Waals surface area contributed by atoms with E-state index >= 15 is 0 Å². The molecule has 0 saturated carbocycles. The molecule has 0 fully saturated rings. The fourth-order valence-corrected chi connectivity index (χ4v) is 12.6. The van der Waals surface area contributed by atoms with E-state index in [1.807, 2.05) is 5.32 Å². The number of nitrogens with zero attached hydrogens (tertiary/aromatic N) is 8. The molecule has 1 heterocycles. The van der Waals surface area contributed by atoms with Crippen molar-refractivity contribution in [1.82, 2.24) is 10.6 Å². The van der Waals surface area contributed by atoms with Gasteiger partial charge in [0.25, 0.3) is 11.4 Å². The minimum Gasteiger partial charge on any atom is -0.379 e. The van der Waals surface area contributed by atoms with E-state index in [4.69, 9.17) is 28.4 Å². The number of anilines is 3. The first-order chi connectivity index (χ1) is 54.7. The van der Waals surface area contributed by atoms with Crippen LogP contribution in [0.4, 0.5) is 51.2 Å². The maximum atomic E-state index is 12.8. The first kappa shape index (κ1) is 93.7. The Bertz CT molecular complexity index is 3810. The van der Waals surface area contributed by atoms with Gasteiger partial charge < -0.3 is 49.3 Å². The Labute approximate surface area is 659 Å². The minimum atomic E-state index is -1.40. The predicted octanol–water partition coefficient (Wildman–Crippen LogP) is 15.6. The van der Waals surface area contributed by atoms with Crippen LogP contribution in [0.1, 0.15) is 203 Å². The third-order valence-electron chi connectivity index (χ3n) is 18.8. The molecule has 0 aliphatic rings. The molecule has 620 valence electrons. The number of fused-ring (bicyclic) bond motifs is 1. The summed E-state index contributed by atoms with van der Waals surface area (Å²) in [5, 5.41) is 82.1. The predicted molar refractivity (Wildman–Crippen MR) is 428 cm³/mol. The van der Waals surface area contributed by atoms with Crippen LogP contribution in [0.15, 0.2) is 79.1 Å². The van der Waals surface area contributed by atoms with E-state index in [2.05, 4.69) is 107 Å². The second-order valence-corrected chi connectivity index (χ2v) is 27.8. The van der Waals surface area contributed by atoms with Crippen LogP contribution in [0.5, 0.6) is 0 Å². The largest absolute Gasteiger partial charge is 0.379 e. The van der Waals surface area contributed by atoms with Crippen LogP contribution in [0.3, 0.4) is 0 Å². The number of Topliss-reactive ketones (excluding diaryl/α,β-unsaturated/α-hetero) is 2. The summed E-state index contributed by atoms with van der Waals surface area (Å²) in [6.45, 7) is 7.74. The molecular weight excluding hydrogens is 1470 g/mol. The number of amides is 2. The second kappa shape index (κ2) is 55.5. The molecule has 0 bridgehead atoms. The van der Waals surface area contributed by atoms with Crippen molar-refractivity contribution in [3.8, 4) is 0 Å². The first-order valence-corrected chi connectivity index (χ1v) is 39.6. The second-order valence-electron chi connectivity index (χ2n) is 27.8. The molecule has 0 atom stereocenters. The number of hydrogen-bond acceptors (Lipinski definition) is 24. The molecule has 0 radical (unpaired) electrons. The van der Waals surface area contributed by atoms with Gasteiger partial charge in [-0.1, -0.05) is 140 Å². The Morgan fingerprint density at radius 2 is 0.885 bits per heavy atom. The van der Waals surface area contributed by atoms with Crippen LogP contribution in [-0.4, -0.2) is 159 Å². The molecule has 0 aliphatic heterocycles. The van der Waals surface area contributed by atoms with E-state index in [1.165, 1.54) is 117 Å². The van der Waals surface area contributed by atoms with Crippen molar-refractivity contribution in [3.05, 3.63) is 156 Å². The quantitative estimate of drug-likeness (QED) is 0.0141. The Morgan fingerprint density at radius 3 is 1.42 bits per heavy atom. The molecule has 0 spiro atoms. The number of carbonyl (C=O) groups excluding carboxylic acids is 4. The van der Waals surface area contributed by atoms with Gasteiger partial charge in [0.2, 0.25) is 11.8 Å². The van der Waals surface area contributed by atoms with Gasteiger partial charge in [0.05, 0.1) is 101 Å². The number of carbonyl (C=O) groups is 4. The smallest absolute Gasteiger partial charge is 0.309 e. The highest BCUT2D eigenvalue weighted by molar-refractivity contribution is 5.91. The Balaban J connectivity index is 0.727. The molecule has 113 heavy (non-hydrogen) atoms. The molecule has 3 N–H and O–H groups in total. The topological polar surface area (TPSA) is 426 Å². The van der Waals surface area contributed by atoms with Gasteiger partial charge in [-0.15, -0.1) is 0 Å². The van der Waals surface area contributed by atoms with Crippen LogP contribution in [-0.2, 0) is 60.6 Å². The highest BCUT2D eigenvalue weighted by Crippen LogP contribution is 2.48. The van der Waals surface area contributed by atoms with E-state index in [0.29, 0.717) is 45.8 Å². The van der Waals surface area contributed by atoms with Crippen molar-refractivity contribution in [1.29, 1.82) is 0 Å². The standard InChI is InChI=1S/C80H113N11O22/c1-3-4-23-43-85-44-38-63(39-45-85)30-31-64-32-33-66-57-67(35-34-65(66)56-64)84(2)42-24-19-15-11-6-5-9-13-17-21-40-81-76(94)29-20-16-12-8-7-10-14-18-22-41-82-77(95)62-113-55-53-111-51-49-109-47-26-28-70(93)61-112-54-52-110-50-48-108-46-25-27-69(92)36-37-71-72(87(98)99)60-75(90(104)105)79(80(71)91(106)107)83-78-73(88(100)101)58-68(86(96)97)59-74(78)89(102)103/h30-35,38-39,44-45,56-60,83H,3-29,36-37,40-43,46-55,61-62H2,1-2H3,(H-,81,82,94,95)/p+1. The van der Waals surface area contributed by atoms with Crippen LogP contribution < -0.4 is 25.4 Å². The fraction of sp³-hybridized carbons (Fsp3) is 0.588. The first-order valence-electron chi connectivity index (χ1n) is 39.6. The Kier molecular flexibility index (Phi) is 46.0. The molecule has 4 aromatic carbocycles. The van der Waals surface area contributed by atoms with Crippen molar-refractivity contribution in [2.45, 2.75) is 200 Å². The highest BCUT2D eigenvalue weighted by Gasteiger charge is 2.40. The number of benzene rings is 4. The Morgan fingerprint density at radius 1 is 0.416 bits per heavy atom. The molecule has 5 rings (SSSR count). The number of nitro benzene ring substituents is 6. The summed E-state index contributed by atoms with van der Waals surface area (Å²) in [5.41, 5.74) is -7.50. The molecule has 1 aromatic heterocycles. The van der Waals surface area contributed by atoms with Gasteiger partial charge in [0, 0.05) is 89.8 Å². The number of non-ortho nitro benzene ring substituents is 1. The molecule has 0 unspecified atom stereocenters. The van der Waals surface area contributed by atoms with Crippen molar-refractivity contribution < 1.29 is 81.7 Å². The van der Waals surface area contributed by atoms with Gasteiger partial charge in [0.1, 0.15) is 31.1 Å². The van der Waals surface area contributed by atoms with Crippen LogP contribution >= 0.6 is 0 Å². The lowest BCUT2D eigenvalue weighted by molar-refractivity contribution is -0.697. The molecule has 33 nitrogen and oxygen atoms in total. The summed E-state index contributed by atoms with van der Waals surface area (Å²) >= 11 is 0. The number of unbranched alkanes of at least 4 members (excludes halogenated alkanes) is 19. The lowest BCUT2D eigenvalue weighted by Crippen LogP contribution is -2.32. The minimum absolute atomic E-state index is 0.0436. The molecule has 5 aromatic rings. The van der Waals surface area contributed by atoms with Gasteiger partial charge >= 0.3 is 22.7 Å². The van der Waals surface area contributed by atoms with Crippen LogP contribution in [0.25, 0.3) is 22.9 Å². The average Bonchev–Trinajstić information content (AvgIpc) is 0.758. The number of nitro groups is 6. The van der Waals surface area contributed by atoms with Gasteiger partial charge in [-0.2, -0.15) is 0 Å². The number of aromatic nitrogens is 1. The molecule has 2 amide bonds. The van der Waals surface area contributed by atoms with E-state index in [1.54, 1.807) is 0 Å². The normalized spacial score (nSPS) is 11.3. The molecule has 0 saturated heterocycles. The van der Waals surface area contributed by atoms with Gasteiger partial charge in [-0.05, 0) is 91.5 Å². The lowest BCUT2D eigenvalue weighted by Gasteiger charge is -2.20. The lowest BCUT2D eigenvalue weighted by atomic mass is 9.99. The van der Waals surface area contributed by atoms with Gasteiger partial charge in [-0.25, -0.2) is 4.57 Å². The number of aryl methyl sites for hydroxylation is 1. The summed E-state index contributed by atoms with van der Waals surface area (Å²) in [6.07, 6.45) is 34.6. The Hall–Kier alpha value is -9.93. The highest BCUT2D eigenvalue weighted by atomic mass is 16.7. The summed E-state index contributed by atoms with van der Waals surface area (Å²) in [7, 11) is 2.21. The summed E-state index contributed by atoms with van der Waals surface area (Å²) < 4.78 is 34.9. The maximum Gasteiger partial charge on any atom is 0.309 e. The zero-order valence-corrected chi connectivity index (χ0v) is 65.5. The number of hydrogen-bond donors (Lipinski definition) is 3. The van der Waals surface area contributed by atoms with Crippen molar-refractivity contribution >= 4 is 97.5 Å². The van der Waals surface area contributed by atoms with Gasteiger partial charge in [0.15, 0.2) is 29.6 Å². The van der Waals surface area contributed by atoms with Crippen molar-refractivity contribution in [2.75, 3.05) is 116 Å². The zero-order valence-electron chi connectivity index (χ0n) is 65.5. The number of nitrogens with one attached hydrogen (secondary N) is 3. The van der Waals surface area contributed by atoms with Crippen molar-refractivity contribution in [2.24, 2.45) is 0 Å². The van der Waals surface area contributed by atoms with Crippen LogP contribution in [0, 0.1) is 60.7 Å². The van der Waals surface area contributed by atoms with E-state index < -0.39 is 99.2 Å². The zero-order chi connectivity index (χ0) is 81.8. The van der Waals surface area contributed by atoms with E-state index in [0.717, 1.165) is 71.0 Å². The number of pyridine rings is 1. The fourth-order valence-electron chi connectivity index (χ4n) is 12.6. The number of ether oxygens (including phenoxy) is 6. The SMILES string of the molecule is CCCCC[n+]1ccc(/C=C/c2ccc3cc(N(C)CCCCCCCCCCCCNC(=O)CCCCCCCCCCCNC(=O)COCCOCCOCCCC(=O)COCCOCCOCCCC(=O)CCc4c([N+](=O)[O-])cc([N+](=O)[O-])c(Nc5c([N+](=O)[O-])cc([N+](=O)[O-])cc5[N+](=O)[O-])c4[N+](=O)[O-])ccc3c2)cc1. The third-order valence-corrected chi connectivity index (χ3v) is 18.8. The van der Waals surface area contributed by atoms with E-state index in [9.17, 15) is 79.9 Å². The molecule has 0 aliphatic carbocycles. The monoisotopic (exact) mass is 1580 g/mol. The third kappa shape index (κ3) is 38.0. The number of ketones is 2. The number of rotatable bonds is 67. The molecule has 33 heteroatoms. The summed E-state index contributed by atoms with van der Waals surface area (Å²) in [6, 6.07) is 18.7. The van der Waals surface area contributed by atoms with Crippen molar-refractivity contribution in [3.63, 3.8) is 0 Å². The summed E-state index contributed by atoms with van der Waals surface area (Å²) in [4.78, 5) is 116. The van der Waals surface area contributed by atoms with Crippen LogP contribution in [0.2, 0.25) is 0 Å². The maximum absolute atomic E-state index is 12.8. The molecular formula is C80H114N11O22+. The van der Waals surface area contributed by atoms with Gasteiger partial charge in [-0.3, -0.25) is 79.9 Å². The van der Waals surface area contributed by atoms with E-state index in [-0.39, 0.29) is 108 Å². The summed E-state index contributed by atoms with van der Waals surface area (Å²) in [5.74, 6) is -0.674. The average molecular weight is 1580 g/mol.